The van der Waals surface area contributed by atoms with Gasteiger partial charge in [0, 0.05) is 23.1 Å². The molecule has 30 heavy (non-hydrogen) atoms. The largest absolute Gasteiger partial charge is 0.444 e. The normalized spacial score (nSPS) is 12.4. The summed E-state index contributed by atoms with van der Waals surface area (Å²) in [5.41, 5.74) is 1.07. The molecule has 158 valence electrons. The number of hydrogen-bond acceptors (Lipinski definition) is 4. The van der Waals surface area contributed by atoms with Gasteiger partial charge in [-0.25, -0.2) is 9.18 Å². The molecular formula is C23H25FN2O4. The van der Waals surface area contributed by atoms with Crippen molar-refractivity contribution in [2.75, 3.05) is 4.90 Å². The number of ether oxygens (including phenoxy) is 1. The standard InChI is InChI=1S/C23H25FN2O4/c1-15(25-22(28)30-23(2,3)4)10-16-11-18(24)12-17-13-20(29-21(16)17)26(14-27)19-8-6-5-7-9-19/h5-9,11-15H,10H2,1-4H3,(H,25,28). The lowest BCUT2D eigenvalue weighted by molar-refractivity contribution is -0.107. The first-order valence-corrected chi connectivity index (χ1v) is 9.67. The van der Waals surface area contributed by atoms with Crippen LogP contribution in [-0.4, -0.2) is 24.1 Å². The quantitative estimate of drug-likeness (QED) is 0.556. The number of para-hydroxylation sites is 1. The summed E-state index contributed by atoms with van der Waals surface area (Å²) in [6, 6.07) is 13.0. The number of fused-ring (bicyclic) bond motifs is 1. The van der Waals surface area contributed by atoms with Crippen molar-refractivity contribution >= 4 is 35.0 Å². The summed E-state index contributed by atoms with van der Waals surface area (Å²) >= 11 is 0. The first-order chi connectivity index (χ1) is 14.2. The number of hydrogen-bond donors (Lipinski definition) is 1. The Labute approximate surface area is 174 Å². The van der Waals surface area contributed by atoms with Crippen molar-refractivity contribution in [2.24, 2.45) is 0 Å². The zero-order chi connectivity index (χ0) is 21.9. The summed E-state index contributed by atoms with van der Waals surface area (Å²) in [5.74, 6) is -0.141. The van der Waals surface area contributed by atoms with Crippen LogP contribution in [-0.2, 0) is 16.0 Å². The average Bonchev–Trinajstić information content (AvgIpc) is 3.05. The fraction of sp³-hybridized carbons (Fsp3) is 0.304. The minimum Gasteiger partial charge on any atom is -0.444 e. The fourth-order valence-corrected chi connectivity index (χ4v) is 3.16. The van der Waals surface area contributed by atoms with Crippen molar-refractivity contribution in [3.63, 3.8) is 0 Å². The van der Waals surface area contributed by atoms with Gasteiger partial charge in [-0.1, -0.05) is 18.2 Å². The summed E-state index contributed by atoms with van der Waals surface area (Å²) in [6.45, 7) is 7.14. The molecule has 3 aromatic rings. The Morgan fingerprint density at radius 3 is 2.57 bits per heavy atom. The van der Waals surface area contributed by atoms with E-state index in [4.69, 9.17) is 9.15 Å². The van der Waals surface area contributed by atoms with Gasteiger partial charge in [-0.2, -0.15) is 0 Å². The summed E-state index contributed by atoms with van der Waals surface area (Å²) in [5, 5.41) is 3.28. The highest BCUT2D eigenvalue weighted by Crippen LogP contribution is 2.33. The number of nitrogens with one attached hydrogen (secondary N) is 1. The van der Waals surface area contributed by atoms with Crippen molar-refractivity contribution in [1.82, 2.24) is 5.32 Å². The third-order valence-electron chi connectivity index (χ3n) is 4.31. The van der Waals surface area contributed by atoms with E-state index in [0.717, 1.165) is 0 Å². The van der Waals surface area contributed by atoms with Gasteiger partial charge in [-0.3, -0.25) is 9.69 Å². The SMILES string of the molecule is CC(Cc1cc(F)cc2cc(N(C=O)c3ccccc3)oc12)NC(=O)OC(C)(C)C. The van der Waals surface area contributed by atoms with Crippen molar-refractivity contribution in [1.29, 1.82) is 0 Å². The monoisotopic (exact) mass is 412 g/mol. The van der Waals surface area contributed by atoms with Gasteiger partial charge in [0.25, 0.3) is 0 Å². The number of rotatable bonds is 6. The van der Waals surface area contributed by atoms with E-state index in [2.05, 4.69) is 5.32 Å². The van der Waals surface area contributed by atoms with Gasteiger partial charge in [0.1, 0.15) is 17.0 Å². The van der Waals surface area contributed by atoms with Crippen LogP contribution in [0.5, 0.6) is 0 Å². The molecule has 1 heterocycles. The van der Waals surface area contributed by atoms with Crippen LogP contribution in [0.1, 0.15) is 33.3 Å². The highest BCUT2D eigenvalue weighted by Gasteiger charge is 2.20. The van der Waals surface area contributed by atoms with Gasteiger partial charge in [0.2, 0.25) is 12.3 Å². The van der Waals surface area contributed by atoms with E-state index in [-0.39, 0.29) is 11.9 Å². The minimum atomic E-state index is -0.610. The van der Waals surface area contributed by atoms with Crippen LogP contribution in [0.15, 0.2) is 52.9 Å². The zero-order valence-corrected chi connectivity index (χ0v) is 17.4. The third-order valence-corrected chi connectivity index (χ3v) is 4.31. The maximum absolute atomic E-state index is 14.2. The summed E-state index contributed by atoms with van der Waals surface area (Å²) in [6.07, 6.45) is 0.432. The number of anilines is 2. The second-order valence-electron chi connectivity index (χ2n) is 8.13. The van der Waals surface area contributed by atoms with Crippen molar-refractivity contribution in [3.8, 4) is 0 Å². The molecule has 0 aliphatic carbocycles. The van der Waals surface area contributed by atoms with E-state index in [1.165, 1.54) is 17.0 Å². The molecule has 0 spiro atoms. The van der Waals surface area contributed by atoms with Gasteiger partial charge in [-0.15, -0.1) is 0 Å². The van der Waals surface area contributed by atoms with Crippen molar-refractivity contribution in [3.05, 3.63) is 59.9 Å². The molecule has 7 heteroatoms. The van der Waals surface area contributed by atoms with Crippen molar-refractivity contribution in [2.45, 2.75) is 45.8 Å². The number of amides is 2. The molecule has 2 amide bonds. The Morgan fingerprint density at radius 1 is 1.23 bits per heavy atom. The van der Waals surface area contributed by atoms with Gasteiger partial charge in [0.05, 0.1) is 5.69 Å². The molecule has 1 unspecified atom stereocenters. The second-order valence-corrected chi connectivity index (χ2v) is 8.13. The van der Waals surface area contributed by atoms with E-state index in [0.29, 0.717) is 35.1 Å². The predicted molar refractivity (Wildman–Crippen MR) is 113 cm³/mol. The number of nitrogens with zero attached hydrogens (tertiary/aromatic N) is 1. The lowest BCUT2D eigenvalue weighted by Crippen LogP contribution is -2.38. The lowest BCUT2D eigenvalue weighted by atomic mass is 10.0. The zero-order valence-electron chi connectivity index (χ0n) is 17.4. The molecule has 0 saturated carbocycles. The maximum atomic E-state index is 14.2. The Bertz CT molecular complexity index is 1040. The molecule has 0 bridgehead atoms. The van der Waals surface area contributed by atoms with Gasteiger partial charge >= 0.3 is 6.09 Å². The number of benzene rings is 2. The van der Waals surface area contributed by atoms with E-state index in [1.807, 2.05) is 18.2 Å². The molecular weight excluding hydrogens is 387 g/mol. The first kappa shape index (κ1) is 21.4. The maximum Gasteiger partial charge on any atom is 0.407 e. The Kier molecular flexibility index (Phi) is 6.10. The number of furan rings is 1. The van der Waals surface area contributed by atoms with E-state index >= 15 is 0 Å². The summed E-state index contributed by atoms with van der Waals surface area (Å²) in [7, 11) is 0. The van der Waals surface area contributed by atoms with Crippen LogP contribution in [0.4, 0.5) is 20.8 Å². The van der Waals surface area contributed by atoms with Crippen LogP contribution in [0.25, 0.3) is 11.0 Å². The van der Waals surface area contributed by atoms with E-state index < -0.39 is 17.5 Å². The van der Waals surface area contributed by atoms with Crippen molar-refractivity contribution < 1.29 is 23.1 Å². The van der Waals surface area contributed by atoms with Crippen LogP contribution in [0, 0.1) is 5.82 Å². The fourth-order valence-electron chi connectivity index (χ4n) is 3.16. The topological polar surface area (TPSA) is 71.8 Å². The second kappa shape index (κ2) is 8.57. The average molecular weight is 412 g/mol. The van der Waals surface area contributed by atoms with Gasteiger partial charge in [-0.05, 0) is 58.4 Å². The Morgan fingerprint density at radius 2 is 1.93 bits per heavy atom. The molecule has 3 rings (SSSR count). The van der Waals surface area contributed by atoms with Crippen LogP contribution in [0.2, 0.25) is 0 Å². The number of carbonyl (C=O) groups is 2. The molecule has 0 radical (unpaired) electrons. The molecule has 1 N–H and O–H groups in total. The van der Waals surface area contributed by atoms with Gasteiger partial charge in [0.15, 0.2) is 0 Å². The molecule has 2 aromatic carbocycles. The highest BCUT2D eigenvalue weighted by molar-refractivity contribution is 5.91. The predicted octanol–water partition coefficient (Wildman–Crippen LogP) is 5.32. The first-order valence-electron chi connectivity index (χ1n) is 9.67. The Hall–Kier alpha value is -3.35. The van der Waals surface area contributed by atoms with Crippen LogP contribution in [0.3, 0.4) is 0 Å². The number of carbonyl (C=O) groups excluding carboxylic acids is 2. The minimum absolute atomic E-state index is 0.283. The molecule has 0 aliphatic heterocycles. The highest BCUT2D eigenvalue weighted by atomic mass is 19.1. The summed E-state index contributed by atoms with van der Waals surface area (Å²) in [4.78, 5) is 25.0. The van der Waals surface area contributed by atoms with E-state index in [9.17, 15) is 14.0 Å². The van der Waals surface area contributed by atoms with Crippen LogP contribution < -0.4 is 10.2 Å². The smallest absolute Gasteiger partial charge is 0.407 e. The molecule has 1 atom stereocenters. The number of halogens is 1. The number of alkyl carbamates (subject to hydrolysis) is 1. The lowest BCUT2D eigenvalue weighted by Gasteiger charge is -2.22. The Balaban J connectivity index is 1.87. The van der Waals surface area contributed by atoms with Gasteiger partial charge < -0.3 is 14.5 Å². The molecule has 0 fully saturated rings. The molecule has 0 saturated heterocycles. The van der Waals surface area contributed by atoms with E-state index in [1.54, 1.807) is 45.9 Å². The molecule has 6 nitrogen and oxygen atoms in total. The van der Waals surface area contributed by atoms with Crippen LogP contribution >= 0.6 is 0 Å². The summed E-state index contributed by atoms with van der Waals surface area (Å²) < 4.78 is 25.4. The molecule has 1 aromatic heterocycles. The molecule has 0 aliphatic rings. The third kappa shape index (κ3) is 5.17.